The van der Waals surface area contributed by atoms with Crippen LogP contribution < -0.4 is 5.32 Å². The third-order valence-electron chi connectivity index (χ3n) is 3.28. The summed E-state index contributed by atoms with van der Waals surface area (Å²) in [5.74, 6) is 0. The minimum absolute atomic E-state index is 0.440. The Bertz CT molecular complexity index is 342. The van der Waals surface area contributed by atoms with Gasteiger partial charge in [0.2, 0.25) is 0 Å². The van der Waals surface area contributed by atoms with Gasteiger partial charge in [-0.2, -0.15) is 5.10 Å². The maximum Gasteiger partial charge on any atom is 0.0604 e. The number of ether oxygens (including phenoxy) is 1. The lowest BCUT2D eigenvalue weighted by Crippen LogP contribution is -2.45. The Labute approximate surface area is 103 Å². The van der Waals surface area contributed by atoms with Gasteiger partial charge in [0.1, 0.15) is 0 Å². The van der Waals surface area contributed by atoms with E-state index in [2.05, 4.69) is 37.4 Å². The van der Waals surface area contributed by atoms with Crippen LogP contribution >= 0.6 is 0 Å². The van der Waals surface area contributed by atoms with E-state index in [-0.39, 0.29) is 0 Å². The minimum Gasteiger partial charge on any atom is -0.378 e. The van der Waals surface area contributed by atoms with E-state index in [1.165, 1.54) is 5.56 Å². The van der Waals surface area contributed by atoms with Crippen molar-refractivity contribution in [2.24, 2.45) is 0 Å². The summed E-state index contributed by atoms with van der Waals surface area (Å²) in [4.78, 5) is 0. The van der Waals surface area contributed by atoms with Gasteiger partial charge in [-0.25, -0.2) is 0 Å². The molecule has 1 aromatic rings. The van der Waals surface area contributed by atoms with Crippen molar-refractivity contribution in [3.63, 3.8) is 0 Å². The van der Waals surface area contributed by atoms with Crippen LogP contribution in [0.25, 0.3) is 0 Å². The molecule has 1 aromatic heterocycles. The van der Waals surface area contributed by atoms with E-state index in [0.717, 1.165) is 26.0 Å². The quantitative estimate of drug-likeness (QED) is 0.823. The number of aromatic nitrogens is 2. The molecule has 0 spiro atoms. The Morgan fingerprint density at radius 2 is 2.29 bits per heavy atom. The van der Waals surface area contributed by atoms with Gasteiger partial charge in [0.05, 0.1) is 12.3 Å². The molecule has 96 valence electrons. The predicted molar refractivity (Wildman–Crippen MR) is 67.9 cm³/mol. The molecular weight excluding hydrogens is 214 g/mol. The first-order chi connectivity index (χ1) is 8.19. The topological polar surface area (TPSA) is 39.1 Å². The van der Waals surface area contributed by atoms with Gasteiger partial charge in [-0.05, 0) is 33.6 Å². The van der Waals surface area contributed by atoms with Crippen LogP contribution in [0.2, 0.25) is 0 Å². The molecule has 1 aliphatic rings. The second kappa shape index (κ2) is 5.65. The van der Waals surface area contributed by atoms with Crippen molar-refractivity contribution in [2.75, 3.05) is 6.61 Å². The first kappa shape index (κ1) is 12.6. The molecule has 0 radical (unpaired) electrons. The highest BCUT2D eigenvalue weighted by Gasteiger charge is 2.28. The molecule has 1 N–H and O–H groups in total. The van der Waals surface area contributed by atoms with Crippen LogP contribution in [0.1, 0.15) is 45.2 Å². The summed E-state index contributed by atoms with van der Waals surface area (Å²) in [6, 6.07) is 1.06. The smallest absolute Gasteiger partial charge is 0.0604 e. The Balaban J connectivity index is 1.68. The highest BCUT2D eigenvalue weighted by atomic mass is 16.5. The average molecular weight is 237 g/mol. The van der Waals surface area contributed by atoms with Gasteiger partial charge in [0.15, 0.2) is 0 Å². The van der Waals surface area contributed by atoms with Crippen molar-refractivity contribution < 1.29 is 4.74 Å². The van der Waals surface area contributed by atoms with Gasteiger partial charge in [-0.15, -0.1) is 0 Å². The number of nitrogens with one attached hydrogen (secondary N) is 1. The standard InChI is InChI=1S/C13H23N3O/c1-4-17-13-5-12(6-13)14-7-11-8-15-16(9-11)10(2)3/h8-10,12-14H,4-7H2,1-3H3. The molecule has 1 heterocycles. The van der Waals surface area contributed by atoms with Gasteiger partial charge < -0.3 is 10.1 Å². The van der Waals surface area contributed by atoms with Gasteiger partial charge in [0, 0.05) is 37.0 Å². The average Bonchev–Trinajstić information content (AvgIpc) is 2.70. The third-order valence-corrected chi connectivity index (χ3v) is 3.28. The molecular formula is C13H23N3O. The van der Waals surface area contributed by atoms with Gasteiger partial charge in [-0.1, -0.05) is 0 Å². The van der Waals surface area contributed by atoms with Gasteiger partial charge in [-0.3, -0.25) is 4.68 Å². The van der Waals surface area contributed by atoms with E-state index >= 15 is 0 Å². The normalized spacial score (nSPS) is 24.0. The lowest BCUT2D eigenvalue weighted by molar-refractivity contribution is -0.0102. The summed E-state index contributed by atoms with van der Waals surface area (Å²) in [6.45, 7) is 8.08. The third kappa shape index (κ3) is 3.30. The monoisotopic (exact) mass is 237 g/mol. The minimum atomic E-state index is 0.440. The fourth-order valence-corrected chi connectivity index (χ4v) is 2.12. The summed E-state index contributed by atoms with van der Waals surface area (Å²) >= 11 is 0. The maximum atomic E-state index is 5.54. The lowest BCUT2D eigenvalue weighted by Gasteiger charge is -2.35. The number of hydrogen-bond donors (Lipinski definition) is 1. The zero-order valence-corrected chi connectivity index (χ0v) is 11.0. The van der Waals surface area contributed by atoms with E-state index < -0.39 is 0 Å². The highest BCUT2D eigenvalue weighted by Crippen LogP contribution is 2.23. The molecule has 2 rings (SSSR count). The predicted octanol–water partition coefficient (Wildman–Crippen LogP) is 2.12. The highest BCUT2D eigenvalue weighted by molar-refractivity contribution is 5.04. The maximum absolute atomic E-state index is 5.54. The van der Waals surface area contributed by atoms with E-state index in [0.29, 0.717) is 18.2 Å². The van der Waals surface area contributed by atoms with Crippen LogP contribution in [0, 0.1) is 0 Å². The van der Waals surface area contributed by atoms with Crippen molar-refractivity contribution in [2.45, 2.75) is 58.3 Å². The Morgan fingerprint density at radius 1 is 1.53 bits per heavy atom. The van der Waals surface area contributed by atoms with Crippen LogP contribution in [-0.2, 0) is 11.3 Å². The molecule has 17 heavy (non-hydrogen) atoms. The van der Waals surface area contributed by atoms with Crippen molar-refractivity contribution >= 4 is 0 Å². The second-order valence-corrected chi connectivity index (χ2v) is 5.05. The van der Waals surface area contributed by atoms with Gasteiger partial charge in [0.25, 0.3) is 0 Å². The van der Waals surface area contributed by atoms with Crippen LogP contribution in [-0.4, -0.2) is 28.5 Å². The summed E-state index contributed by atoms with van der Waals surface area (Å²) < 4.78 is 7.54. The molecule has 0 bridgehead atoms. The fourth-order valence-electron chi connectivity index (χ4n) is 2.12. The first-order valence-electron chi connectivity index (χ1n) is 6.57. The molecule has 0 atom stereocenters. The lowest BCUT2D eigenvalue weighted by atomic mass is 9.89. The number of nitrogens with zero attached hydrogens (tertiary/aromatic N) is 2. The number of hydrogen-bond acceptors (Lipinski definition) is 3. The molecule has 4 nitrogen and oxygen atoms in total. The van der Waals surface area contributed by atoms with Crippen LogP contribution in [0.3, 0.4) is 0 Å². The zero-order valence-electron chi connectivity index (χ0n) is 11.0. The van der Waals surface area contributed by atoms with E-state index in [1.54, 1.807) is 0 Å². The van der Waals surface area contributed by atoms with Crippen molar-refractivity contribution in [1.29, 1.82) is 0 Å². The molecule has 0 saturated heterocycles. The Morgan fingerprint density at radius 3 is 2.88 bits per heavy atom. The molecule has 1 saturated carbocycles. The van der Waals surface area contributed by atoms with Crippen LogP contribution in [0.5, 0.6) is 0 Å². The van der Waals surface area contributed by atoms with Crippen molar-refractivity contribution in [3.05, 3.63) is 18.0 Å². The Hall–Kier alpha value is -0.870. The summed E-state index contributed by atoms with van der Waals surface area (Å²) in [7, 11) is 0. The molecule has 4 heteroatoms. The molecule has 1 fully saturated rings. The molecule has 1 aliphatic carbocycles. The van der Waals surface area contributed by atoms with Crippen molar-refractivity contribution in [3.8, 4) is 0 Å². The SMILES string of the molecule is CCOC1CC(NCc2cnn(C(C)C)c2)C1. The van der Waals surface area contributed by atoms with E-state index in [4.69, 9.17) is 4.74 Å². The summed E-state index contributed by atoms with van der Waals surface area (Å²) in [5, 5.41) is 7.88. The molecule has 0 aromatic carbocycles. The number of rotatable bonds is 6. The summed E-state index contributed by atoms with van der Waals surface area (Å²) in [5.41, 5.74) is 1.26. The fraction of sp³-hybridized carbons (Fsp3) is 0.769. The van der Waals surface area contributed by atoms with E-state index in [9.17, 15) is 0 Å². The van der Waals surface area contributed by atoms with Crippen molar-refractivity contribution in [1.82, 2.24) is 15.1 Å². The largest absolute Gasteiger partial charge is 0.378 e. The Kier molecular flexibility index (Phi) is 4.18. The zero-order chi connectivity index (χ0) is 12.3. The molecule has 0 aliphatic heterocycles. The van der Waals surface area contributed by atoms with Crippen LogP contribution in [0.4, 0.5) is 0 Å². The second-order valence-electron chi connectivity index (χ2n) is 5.05. The summed E-state index contributed by atoms with van der Waals surface area (Å²) in [6.07, 6.45) is 6.84. The van der Waals surface area contributed by atoms with E-state index in [1.807, 2.05) is 10.9 Å². The van der Waals surface area contributed by atoms with Crippen LogP contribution in [0.15, 0.2) is 12.4 Å². The first-order valence-corrected chi connectivity index (χ1v) is 6.57. The molecule has 0 amide bonds. The van der Waals surface area contributed by atoms with Gasteiger partial charge >= 0.3 is 0 Å². The molecule has 0 unspecified atom stereocenters.